The number of carbonyl (C=O) groups excluding carboxylic acids is 1. The monoisotopic (exact) mass is 102 g/mol. The molecule has 4 nitrogen and oxygen atoms in total. The van der Waals surface area contributed by atoms with Crippen LogP contribution in [-0.4, -0.2) is 6.09 Å². The molecule has 40 valence electrons. The van der Waals surface area contributed by atoms with Crippen LogP contribution in [0.2, 0.25) is 0 Å². The third-order valence-corrected chi connectivity index (χ3v) is 0.308. The number of rotatable bonds is 1. The molecule has 0 aliphatic carbocycles. The summed E-state index contributed by atoms with van der Waals surface area (Å²) >= 11 is 0. The van der Waals surface area contributed by atoms with Gasteiger partial charge < -0.3 is 4.74 Å². The van der Waals surface area contributed by atoms with Crippen LogP contribution in [-0.2, 0) is 4.74 Å². The Morgan fingerprint density at radius 1 is 2.00 bits per heavy atom. The van der Waals surface area contributed by atoms with Gasteiger partial charge in [-0.2, -0.15) is 0 Å². The van der Waals surface area contributed by atoms with Gasteiger partial charge in [-0.1, -0.05) is 6.58 Å². The fourth-order valence-corrected chi connectivity index (χ4v) is 0.110. The van der Waals surface area contributed by atoms with Gasteiger partial charge in [-0.3, -0.25) is 5.43 Å². The molecule has 0 spiro atoms. The molecule has 0 aromatic carbocycles. The van der Waals surface area contributed by atoms with Gasteiger partial charge in [0.1, 0.15) is 0 Å². The Labute approximate surface area is 40.9 Å². The van der Waals surface area contributed by atoms with E-state index in [1.54, 1.807) is 5.43 Å². The number of carbonyl (C=O) groups is 1. The van der Waals surface area contributed by atoms with Crippen molar-refractivity contribution in [1.29, 1.82) is 0 Å². The van der Waals surface area contributed by atoms with Crippen molar-refractivity contribution in [3.8, 4) is 0 Å². The van der Waals surface area contributed by atoms with E-state index in [1.807, 2.05) is 0 Å². The Morgan fingerprint density at radius 3 is 2.71 bits per heavy atom. The number of hydrogen-bond acceptors (Lipinski definition) is 3. The molecule has 0 fully saturated rings. The molecule has 4 heteroatoms. The topological polar surface area (TPSA) is 64.3 Å². The van der Waals surface area contributed by atoms with E-state index >= 15 is 0 Å². The van der Waals surface area contributed by atoms with Gasteiger partial charge in [-0.15, -0.1) is 0 Å². The maximum atomic E-state index is 9.88. The first kappa shape index (κ1) is 5.97. The van der Waals surface area contributed by atoms with E-state index in [4.69, 9.17) is 0 Å². The summed E-state index contributed by atoms with van der Waals surface area (Å²) in [5.74, 6) is 4.59. The normalized spacial score (nSPS) is 7.00. The van der Waals surface area contributed by atoms with E-state index in [2.05, 4.69) is 17.2 Å². The van der Waals surface area contributed by atoms with Gasteiger partial charge in [0.05, 0.1) is 6.26 Å². The molecule has 0 radical (unpaired) electrons. The van der Waals surface area contributed by atoms with Crippen molar-refractivity contribution in [2.24, 2.45) is 5.84 Å². The molecular weight excluding hydrogens is 96.0 g/mol. The third-order valence-electron chi connectivity index (χ3n) is 0.308. The van der Waals surface area contributed by atoms with Crippen LogP contribution < -0.4 is 11.3 Å². The summed E-state index contributed by atoms with van der Waals surface area (Å²) < 4.78 is 4.08. The van der Waals surface area contributed by atoms with Gasteiger partial charge in [0.25, 0.3) is 0 Å². The zero-order valence-corrected chi connectivity index (χ0v) is 3.68. The number of nitrogens with one attached hydrogen (secondary N) is 1. The van der Waals surface area contributed by atoms with Crippen LogP contribution in [0.1, 0.15) is 0 Å². The van der Waals surface area contributed by atoms with Gasteiger partial charge in [-0.05, 0) is 0 Å². The first-order valence-corrected chi connectivity index (χ1v) is 1.59. The predicted molar refractivity (Wildman–Crippen MR) is 24.0 cm³/mol. The quantitative estimate of drug-likeness (QED) is 0.207. The average Bonchev–Trinajstić information content (AvgIpc) is 1.68. The minimum Gasteiger partial charge on any atom is -0.418 e. The molecule has 0 saturated heterocycles. The average molecular weight is 102 g/mol. The zero-order valence-electron chi connectivity index (χ0n) is 3.68. The summed E-state index contributed by atoms with van der Waals surface area (Å²) in [6.45, 7) is 3.11. The van der Waals surface area contributed by atoms with E-state index in [9.17, 15) is 4.79 Å². The van der Waals surface area contributed by atoms with Crippen molar-refractivity contribution < 1.29 is 9.53 Å². The van der Waals surface area contributed by atoms with Crippen molar-refractivity contribution in [3.63, 3.8) is 0 Å². The molecule has 0 aromatic rings. The van der Waals surface area contributed by atoms with Crippen molar-refractivity contribution in [2.45, 2.75) is 0 Å². The number of amides is 1. The second-order valence-electron chi connectivity index (χ2n) is 0.716. The van der Waals surface area contributed by atoms with Crippen molar-refractivity contribution in [1.82, 2.24) is 5.43 Å². The molecule has 7 heavy (non-hydrogen) atoms. The van der Waals surface area contributed by atoms with Crippen molar-refractivity contribution in [3.05, 3.63) is 12.8 Å². The highest BCUT2D eigenvalue weighted by Crippen LogP contribution is 1.70. The molecule has 0 aliphatic rings. The molecular formula is C3H6N2O2. The summed E-state index contributed by atoms with van der Waals surface area (Å²) in [4.78, 5) is 9.88. The van der Waals surface area contributed by atoms with Gasteiger partial charge in [0.2, 0.25) is 0 Å². The highest BCUT2D eigenvalue weighted by atomic mass is 16.5. The third kappa shape index (κ3) is 2.78. The lowest BCUT2D eigenvalue weighted by Gasteiger charge is -1.91. The van der Waals surface area contributed by atoms with E-state index in [-0.39, 0.29) is 0 Å². The summed E-state index contributed by atoms with van der Waals surface area (Å²) in [5, 5.41) is 0. The SMILES string of the molecule is C=COC(=O)NN. The van der Waals surface area contributed by atoms with Crippen LogP contribution in [0, 0.1) is 0 Å². The molecule has 3 N–H and O–H groups in total. The molecule has 1 amide bonds. The van der Waals surface area contributed by atoms with E-state index in [1.165, 1.54) is 0 Å². The molecule has 0 atom stereocenters. The number of nitrogens with two attached hydrogens (primary N) is 1. The highest BCUT2D eigenvalue weighted by Gasteiger charge is 1.88. The molecule has 0 aromatic heterocycles. The predicted octanol–water partition coefficient (Wildman–Crippen LogP) is -0.270. The van der Waals surface area contributed by atoms with Gasteiger partial charge in [0.15, 0.2) is 0 Å². The molecule has 0 heterocycles. The zero-order chi connectivity index (χ0) is 5.70. The second kappa shape index (κ2) is 3.17. The Hall–Kier alpha value is -1.03. The molecule has 0 saturated carbocycles. The van der Waals surface area contributed by atoms with Crippen LogP contribution in [0.4, 0.5) is 4.79 Å². The largest absolute Gasteiger partial charge is 0.426 e. The Balaban J connectivity index is 3.17. The second-order valence-corrected chi connectivity index (χ2v) is 0.716. The Morgan fingerprint density at radius 2 is 2.57 bits per heavy atom. The summed E-state index contributed by atoms with van der Waals surface area (Å²) in [6.07, 6.45) is 0.275. The molecule has 0 aliphatic heterocycles. The number of hydrazine groups is 1. The fourth-order valence-electron chi connectivity index (χ4n) is 0.110. The number of ether oxygens (including phenoxy) is 1. The maximum absolute atomic E-state index is 9.88. The fraction of sp³-hybridized carbons (Fsp3) is 0. The first-order chi connectivity index (χ1) is 3.31. The highest BCUT2D eigenvalue weighted by molar-refractivity contribution is 5.66. The van der Waals surface area contributed by atoms with E-state index in [0.29, 0.717) is 0 Å². The van der Waals surface area contributed by atoms with Crippen LogP contribution in [0.5, 0.6) is 0 Å². The van der Waals surface area contributed by atoms with Crippen LogP contribution in [0.15, 0.2) is 12.8 Å². The molecule has 0 unspecified atom stereocenters. The van der Waals surface area contributed by atoms with Crippen LogP contribution >= 0.6 is 0 Å². The Bertz CT molecular complexity index is 81.0. The summed E-state index contributed by atoms with van der Waals surface area (Å²) in [5.41, 5.74) is 1.73. The molecule has 0 bridgehead atoms. The summed E-state index contributed by atoms with van der Waals surface area (Å²) in [6, 6.07) is 0. The summed E-state index contributed by atoms with van der Waals surface area (Å²) in [7, 11) is 0. The lowest BCUT2D eigenvalue weighted by molar-refractivity contribution is 0.186. The van der Waals surface area contributed by atoms with Gasteiger partial charge in [-0.25, -0.2) is 10.6 Å². The van der Waals surface area contributed by atoms with Crippen molar-refractivity contribution >= 4 is 6.09 Å². The van der Waals surface area contributed by atoms with Gasteiger partial charge in [0, 0.05) is 0 Å². The van der Waals surface area contributed by atoms with Gasteiger partial charge >= 0.3 is 6.09 Å². The lowest BCUT2D eigenvalue weighted by atomic mass is 11.1. The Kier molecular flexibility index (Phi) is 2.70. The lowest BCUT2D eigenvalue weighted by Crippen LogP contribution is -2.29. The minimum absolute atomic E-state index is 0.713. The standard InChI is InChI=1S/C3H6N2O2/c1-2-7-3(6)5-4/h2H,1,4H2,(H,5,6). The van der Waals surface area contributed by atoms with Crippen LogP contribution in [0.3, 0.4) is 0 Å². The van der Waals surface area contributed by atoms with E-state index in [0.717, 1.165) is 6.26 Å². The number of hydrogen-bond donors (Lipinski definition) is 2. The van der Waals surface area contributed by atoms with Crippen LogP contribution in [0.25, 0.3) is 0 Å². The minimum atomic E-state index is -0.713. The van der Waals surface area contributed by atoms with E-state index < -0.39 is 6.09 Å². The smallest absolute Gasteiger partial charge is 0.418 e. The first-order valence-electron chi connectivity index (χ1n) is 1.59. The molecule has 0 rings (SSSR count). The van der Waals surface area contributed by atoms with Crippen molar-refractivity contribution in [2.75, 3.05) is 0 Å². The maximum Gasteiger partial charge on any atom is 0.426 e.